The summed E-state index contributed by atoms with van der Waals surface area (Å²) < 4.78 is 6.55. The molecule has 1 fully saturated rings. The number of anilines is 1. The Morgan fingerprint density at radius 3 is 2.72 bits per heavy atom. The molecule has 0 saturated carbocycles. The summed E-state index contributed by atoms with van der Waals surface area (Å²) in [5.74, 6) is 0.977. The molecule has 0 N–H and O–H groups in total. The Hall–Kier alpha value is -1.82. The third-order valence-electron chi connectivity index (χ3n) is 4.15. The lowest BCUT2D eigenvalue weighted by molar-refractivity contribution is 0.0263. The van der Waals surface area contributed by atoms with Crippen LogP contribution in [0.2, 0.25) is 0 Å². The first kappa shape index (κ1) is 18.0. The Balaban J connectivity index is 1.78. The molecule has 0 radical (unpaired) electrons. The number of fused-ring (bicyclic) bond motifs is 1. The van der Waals surface area contributed by atoms with Gasteiger partial charge in [0, 0.05) is 42.2 Å². The Kier molecular flexibility index (Phi) is 5.18. The van der Waals surface area contributed by atoms with Gasteiger partial charge in [0.15, 0.2) is 0 Å². The maximum atomic E-state index is 12.3. The molecule has 1 aromatic carbocycles. The average Bonchev–Trinajstić information content (AvgIpc) is 2.78. The second-order valence-corrected chi connectivity index (χ2v) is 8.22. The Morgan fingerprint density at radius 1 is 1.16 bits per heavy atom. The zero-order valence-corrected chi connectivity index (χ0v) is 16.5. The number of pyridine rings is 1. The summed E-state index contributed by atoms with van der Waals surface area (Å²) in [7, 11) is 0. The van der Waals surface area contributed by atoms with Crippen molar-refractivity contribution in [2.45, 2.75) is 32.8 Å². The fourth-order valence-electron chi connectivity index (χ4n) is 3.02. The van der Waals surface area contributed by atoms with Crippen LogP contribution in [0, 0.1) is 0 Å². The van der Waals surface area contributed by atoms with E-state index < -0.39 is 5.60 Å². The van der Waals surface area contributed by atoms with Crippen molar-refractivity contribution >= 4 is 38.6 Å². The van der Waals surface area contributed by atoms with Gasteiger partial charge in [-0.3, -0.25) is 0 Å². The van der Waals surface area contributed by atoms with Gasteiger partial charge in [-0.25, -0.2) is 9.78 Å². The largest absolute Gasteiger partial charge is 0.444 e. The number of carbonyl (C=O) groups is 1. The number of carbonyl (C=O) groups excluding carboxylic acids is 1. The molecule has 0 aliphatic carbocycles. The van der Waals surface area contributed by atoms with Crippen molar-refractivity contribution in [2.24, 2.45) is 0 Å². The van der Waals surface area contributed by atoms with Crippen LogP contribution >= 0.6 is 15.9 Å². The third-order valence-corrected chi connectivity index (χ3v) is 4.65. The molecular formula is C19H24BrN3O2. The monoisotopic (exact) mass is 405 g/mol. The summed E-state index contributed by atoms with van der Waals surface area (Å²) >= 11 is 3.55. The zero-order valence-electron chi connectivity index (χ0n) is 15.0. The molecule has 25 heavy (non-hydrogen) atoms. The van der Waals surface area contributed by atoms with Gasteiger partial charge in [-0.15, -0.1) is 0 Å². The van der Waals surface area contributed by atoms with Gasteiger partial charge in [-0.05, 0) is 50.8 Å². The van der Waals surface area contributed by atoms with Crippen molar-refractivity contribution in [3.8, 4) is 0 Å². The van der Waals surface area contributed by atoms with Crippen LogP contribution < -0.4 is 4.90 Å². The Morgan fingerprint density at radius 2 is 1.96 bits per heavy atom. The van der Waals surface area contributed by atoms with E-state index in [2.05, 4.69) is 37.9 Å². The normalized spacial score (nSPS) is 16.0. The molecule has 1 saturated heterocycles. The maximum Gasteiger partial charge on any atom is 0.410 e. The van der Waals surface area contributed by atoms with E-state index in [4.69, 9.17) is 4.74 Å². The van der Waals surface area contributed by atoms with Crippen molar-refractivity contribution in [3.63, 3.8) is 0 Å². The van der Waals surface area contributed by atoms with Crippen LogP contribution in [0.1, 0.15) is 27.2 Å². The number of benzene rings is 1. The summed E-state index contributed by atoms with van der Waals surface area (Å²) in [6.07, 6.45) is 2.51. The lowest BCUT2D eigenvalue weighted by Crippen LogP contribution is -2.39. The van der Waals surface area contributed by atoms with E-state index in [1.165, 1.54) is 5.39 Å². The van der Waals surface area contributed by atoms with Crippen molar-refractivity contribution < 1.29 is 9.53 Å². The van der Waals surface area contributed by atoms with E-state index in [-0.39, 0.29) is 6.09 Å². The molecule has 6 heteroatoms. The number of rotatable bonds is 1. The van der Waals surface area contributed by atoms with Crippen molar-refractivity contribution in [3.05, 3.63) is 34.9 Å². The SMILES string of the molecule is CC(C)(C)OC(=O)N1CCCN(c2nccc3ccc(Br)cc23)CC1. The molecular weight excluding hydrogens is 382 g/mol. The molecule has 0 bridgehead atoms. The second-order valence-electron chi connectivity index (χ2n) is 7.31. The zero-order chi connectivity index (χ0) is 18.0. The van der Waals surface area contributed by atoms with Gasteiger partial charge in [0.25, 0.3) is 0 Å². The van der Waals surface area contributed by atoms with E-state index >= 15 is 0 Å². The second kappa shape index (κ2) is 7.20. The standard InChI is InChI=1S/C19H24BrN3O2/c1-19(2,3)25-18(24)23-10-4-9-22(11-12-23)17-16-13-15(20)6-5-14(16)7-8-21-17/h5-8,13H,4,9-12H2,1-3H3. The number of ether oxygens (including phenoxy) is 1. The first-order chi connectivity index (χ1) is 11.8. The van der Waals surface area contributed by atoms with Crippen molar-refractivity contribution in [1.82, 2.24) is 9.88 Å². The van der Waals surface area contributed by atoms with Crippen LogP contribution in [0.3, 0.4) is 0 Å². The third kappa shape index (κ3) is 4.42. The van der Waals surface area contributed by atoms with Crippen LogP contribution in [0.25, 0.3) is 10.8 Å². The molecule has 5 nitrogen and oxygen atoms in total. The molecule has 2 aromatic rings. The van der Waals surface area contributed by atoms with Crippen LogP contribution in [0.4, 0.5) is 10.6 Å². The van der Waals surface area contributed by atoms with Crippen LogP contribution in [-0.2, 0) is 4.74 Å². The molecule has 2 heterocycles. The van der Waals surface area contributed by atoms with Crippen LogP contribution in [-0.4, -0.2) is 47.8 Å². The predicted octanol–water partition coefficient (Wildman–Crippen LogP) is 4.44. The molecule has 3 rings (SSSR count). The molecule has 1 aromatic heterocycles. The van der Waals surface area contributed by atoms with E-state index in [9.17, 15) is 4.79 Å². The minimum Gasteiger partial charge on any atom is -0.444 e. The lowest BCUT2D eigenvalue weighted by Gasteiger charge is -2.27. The predicted molar refractivity (Wildman–Crippen MR) is 104 cm³/mol. The van der Waals surface area contributed by atoms with Gasteiger partial charge >= 0.3 is 6.09 Å². The molecule has 0 unspecified atom stereocenters. The number of halogens is 1. The van der Waals surface area contributed by atoms with Gasteiger partial charge in [0.1, 0.15) is 11.4 Å². The molecule has 1 aliphatic rings. The summed E-state index contributed by atoms with van der Waals surface area (Å²) in [6.45, 7) is 8.66. The van der Waals surface area contributed by atoms with Gasteiger partial charge < -0.3 is 14.5 Å². The van der Waals surface area contributed by atoms with Crippen molar-refractivity contribution in [2.75, 3.05) is 31.1 Å². The van der Waals surface area contributed by atoms with E-state index in [0.717, 1.165) is 35.2 Å². The fourth-order valence-corrected chi connectivity index (χ4v) is 3.38. The van der Waals surface area contributed by atoms with Gasteiger partial charge in [0.05, 0.1) is 0 Å². The first-order valence-electron chi connectivity index (χ1n) is 8.61. The number of hydrogen-bond donors (Lipinski definition) is 0. The van der Waals surface area contributed by atoms with E-state index in [1.807, 2.05) is 39.1 Å². The lowest BCUT2D eigenvalue weighted by atomic mass is 10.1. The summed E-state index contributed by atoms with van der Waals surface area (Å²) in [5, 5.41) is 2.30. The highest BCUT2D eigenvalue weighted by molar-refractivity contribution is 9.10. The molecule has 0 atom stereocenters. The Bertz CT molecular complexity index is 773. The highest BCUT2D eigenvalue weighted by atomic mass is 79.9. The topological polar surface area (TPSA) is 45.7 Å². The summed E-state index contributed by atoms with van der Waals surface area (Å²) in [6, 6.07) is 8.26. The van der Waals surface area contributed by atoms with Gasteiger partial charge in [0.2, 0.25) is 0 Å². The van der Waals surface area contributed by atoms with Crippen LogP contribution in [0.15, 0.2) is 34.9 Å². The number of hydrogen-bond acceptors (Lipinski definition) is 4. The minimum atomic E-state index is -0.466. The van der Waals surface area contributed by atoms with E-state index in [1.54, 1.807) is 4.90 Å². The highest BCUT2D eigenvalue weighted by Crippen LogP contribution is 2.28. The average molecular weight is 406 g/mol. The molecule has 1 amide bonds. The number of aromatic nitrogens is 1. The van der Waals surface area contributed by atoms with Gasteiger partial charge in [-0.1, -0.05) is 22.0 Å². The Labute approximate surface area is 157 Å². The highest BCUT2D eigenvalue weighted by Gasteiger charge is 2.25. The summed E-state index contributed by atoms with van der Waals surface area (Å²) in [5.41, 5.74) is -0.466. The number of nitrogens with zero attached hydrogens (tertiary/aromatic N) is 3. The van der Waals surface area contributed by atoms with E-state index in [0.29, 0.717) is 13.1 Å². The fraction of sp³-hybridized carbons (Fsp3) is 0.474. The number of amides is 1. The first-order valence-corrected chi connectivity index (χ1v) is 9.40. The van der Waals surface area contributed by atoms with Crippen LogP contribution in [0.5, 0.6) is 0 Å². The molecule has 1 aliphatic heterocycles. The minimum absolute atomic E-state index is 0.233. The maximum absolute atomic E-state index is 12.3. The molecule has 134 valence electrons. The quantitative estimate of drug-likeness (QED) is 0.702. The van der Waals surface area contributed by atoms with Gasteiger partial charge in [-0.2, -0.15) is 0 Å². The molecule has 0 spiro atoms. The smallest absolute Gasteiger partial charge is 0.410 e. The van der Waals surface area contributed by atoms with Crippen molar-refractivity contribution in [1.29, 1.82) is 0 Å². The summed E-state index contributed by atoms with van der Waals surface area (Å²) in [4.78, 5) is 21.0.